The Balaban J connectivity index is 2.29. The Kier molecular flexibility index (Phi) is 3.69. The second-order valence-corrected chi connectivity index (χ2v) is 4.05. The predicted molar refractivity (Wildman–Crippen MR) is 70.0 cm³/mol. The Hall–Kier alpha value is -2.83. The van der Waals surface area contributed by atoms with Gasteiger partial charge in [0.1, 0.15) is 12.0 Å². The number of anilines is 1. The molecule has 0 fully saturated rings. The highest BCUT2D eigenvalue weighted by atomic mass is 19.1. The quantitative estimate of drug-likeness (QED) is 0.689. The summed E-state index contributed by atoms with van der Waals surface area (Å²) >= 11 is 0. The van der Waals surface area contributed by atoms with Gasteiger partial charge in [-0.1, -0.05) is 6.07 Å². The van der Waals surface area contributed by atoms with Crippen molar-refractivity contribution < 1.29 is 14.1 Å². The Bertz CT molecular complexity index is 688. The van der Waals surface area contributed by atoms with Crippen LogP contribution in [0.2, 0.25) is 0 Å². The molecule has 1 amide bonds. The smallest absolute Gasteiger partial charge is 0.288 e. The number of hydrogen-bond donors (Lipinski definition) is 1. The van der Waals surface area contributed by atoms with Crippen LogP contribution in [-0.2, 0) is 0 Å². The summed E-state index contributed by atoms with van der Waals surface area (Å²) in [6, 6.07) is 6.50. The lowest BCUT2D eigenvalue weighted by Crippen LogP contribution is -2.14. The minimum atomic E-state index is -0.634. The molecule has 2 aromatic rings. The number of halogens is 1. The first kappa shape index (κ1) is 13.6. The molecule has 1 aromatic heterocycles. The van der Waals surface area contributed by atoms with E-state index >= 15 is 0 Å². The van der Waals surface area contributed by atoms with E-state index in [0.717, 1.165) is 18.3 Å². The van der Waals surface area contributed by atoms with E-state index in [1.54, 1.807) is 6.92 Å². The molecule has 1 heterocycles. The van der Waals surface area contributed by atoms with Gasteiger partial charge in [-0.3, -0.25) is 19.9 Å². The molecule has 0 spiro atoms. The van der Waals surface area contributed by atoms with Crippen LogP contribution in [0.1, 0.15) is 16.1 Å². The van der Waals surface area contributed by atoms with Crippen LogP contribution < -0.4 is 5.32 Å². The van der Waals surface area contributed by atoms with E-state index in [4.69, 9.17) is 0 Å². The van der Waals surface area contributed by atoms with Crippen molar-refractivity contribution in [1.82, 2.24) is 4.98 Å². The van der Waals surface area contributed by atoms with Gasteiger partial charge in [0.25, 0.3) is 11.6 Å². The number of nitro groups is 1. The molecule has 0 aliphatic heterocycles. The lowest BCUT2D eigenvalue weighted by Gasteiger charge is -2.07. The van der Waals surface area contributed by atoms with E-state index in [1.165, 1.54) is 18.2 Å². The van der Waals surface area contributed by atoms with Crippen LogP contribution in [0.5, 0.6) is 0 Å². The summed E-state index contributed by atoms with van der Waals surface area (Å²) < 4.78 is 13.0. The van der Waals surface area contributed by atoms with Gasteiger partial charge in [-0.25, -0.2) is 4.39 Å². The molecule has 0 unspecified atom stereocenters. The monoisotopic (exact) mass is 275 g/mol. The first-order valence-electron chi connectivity index (χ1n) is 5.65. The third-order valence-electron chi connectivity index (χ3n) is 2.61. The number of aryl methyl sites for hydroxylation is 1. The highest BCUT2D eigenvalue weighted by Crippen LogP contribution is 2.17. The summed E-state index contributed by atoms with van der Waals surface area (Å²) in [6.07, 6.45) is 1.08. The number of nitrogens with zero attached hydrogens (tertiary/aromatic N) is 2. The largest absolute Gasteiger partial charge is 0.322 e. The molecule has 20 heavy (non-hydrogen) atoms. The zero-order valence-corrected chi connectivity index (χ0v) is 10.5. The van der Waals surface area contributed by atoms with Gasteiger partial charge in [0.2, 0.25) is 0 Å². The lowest BCUT2D eigenvalue weighted by molar-refractivity contribution is -0.385. The molecule has 102 valence electrons. The maximum absolute atomic E-state index is 13.0. The number of benzene rings is 1. The Morgan fingerprint density at radius 1 is 1.40 bits per heavy atom. The molecular formula is C13H10FN3O3. The highest BCUT2D eigenvalue weighted by Gasteiger charge is 2.16. The molecular weight excluding hydrogens is 265 g/mol. The van der Waals surface area contributed by atoms with Crippen molar-refractivity contribution in [2.24, 2.45) is 0 Å². The number of nitrogens with one attached hydrogen (secondary N) is 1. The molecule has 2 rings (SSSR count). The minimum Gasteiger partial charge on any atom is -0.322 e. The topological polar surface area (TPSA) is 85.1 Å². The summed E-state index contributed by atoms with van der Waals surface area (Å²) in [5, 5.41) is 13.1. The van der Waals surface area contributed by atoms with Crippen LogP contribution in [0.3, 0.4) is 0 Å². The van der Waals surface area contributed by atoms with Crippen molar-refractivity contribution in [3.05, 3.63) is 63.7 Å². The molecule has 1 aromatic carbocycles. The van der Waals surface area contributed by atoms with Gasteiger partial charge in [0.05, 0.1) is 16.2 Å². The summed E-state index contributed by atoms with van der Waals surface area (Å²) in [4.78, 5) is 25.9. The fraction of sp³-hybridized carbons (Fsp3) is 0.0769. The van der Waals surface area contributed by atoms with Gasteiger partial charge in [0.15, 0.2) is 0 Å². The van der Waals surface area contributed by atoms with Crippen LogP contribution >= 0.6 is 0 Å². The van der Waals surface area contributed by atoms with E-state index in [2.05, 4.69) is 10.3 Å². The number of pyridine rings is 1. The average molecular weight is 275 g/mol. The number of rotatable bonds is 3. The van der Waals surface area contributed by atoms with Gasteiger partial charge >= 0.3 is 0 Å². The van der Waals surface area contributed by atoms with Gasteiger partial charge in [-0.2, -0.15) is 0 Å². The molecule has 0 radical (unpaired) electrons. The van der Waals surface area contributed by atoms with E-state index in [1.807, 2.05) is 0 Å². The summed E-state index contributed by atoms with van der Waals surface area (Å²) in [5.74, 6) is -1.07. The number of aromatic nitrogens is 1. The molecule has 0 aliphatic carbocycles. The molecule has 0 aliphatic rings. The summed E-state index contributed by atoms with van der Waals surface area (Å²) in [7, 11) is 0. The van der Waals surface area contributed by atoms with Gasteiger partial charge in [-0.05, 0) is 25.1 Å². The normalized spacial score (nSPS) is 10.1. The maximum Gasteiger partial charge on any atom is 0.288 e. The lowest BCUT2D eigenvalue weighted by atomic mass is 10.1. The van der Waals surface area contributed by atoms with Crippen molar-refractivity contribution in [2.45, 2.75) is 6.92 Å². The standard InChI is InChI=1S/C13H10FN3O3/c1-8-12(6-11(7-15-8)17(19)20)13(18)16-10-4-2-3-9(14)5-10/h2-7H,1H3,(H,16,18). The van der Waals surface area contributed by atoms with Crippen LogP contribution in [0.25, 0.3) is 0 Å². The highest BCUT2D eigenvalue weighted by molar-refractivity contribution is 6.05. The fourth-order valence-corrected chi connectivity index (χ4v) is 1.62. The minimum absolute atomic E-state index is 0.0726. The van der Waals surface area contributed by atoms with E-state index < -0.39 is 16.6 Å². The molecule has 7 heteroatoms. The summed E-state index contributed by atoms with van der Waals surface area (Å²) in [6.45, 7) is 1.56. The first-order valence-corrected chi connectivity index (χ1v) is 5.65. The molecule has 1 N–H and O–H groups in total. The van der Waals surface area contributed by atoms with Crippen molar-refractivity contribution >= 4 is 17.3 Å². The van der Waals surface area contributed by atoms with Gasteiger partial charge in [-0.15, -0.1) is 0 Å². The van der Waals surface area contributed by atoms with Crippen molar-refractivity contribution in [3.63, 3.8) is 0 Å². The van der Waals surface area contributed by atoms with Crippen LogP contribution in [-0.4, -0.2) is 15.8 Å². The number of carbonyl (C=O) groups excluding carboxylic acids is 1. The summed E-state index contributed by atoms with van der Waals surface area (Å²) in [5.41, 5.74) is 0.411. The zero-order valence-electron chi connectivity index (χ0n) is 10.5. The fourth-order valence-electron chi connectivity index (χ4n) is 1.62. The third kappa shape index (κ3) is 2.94. The van der Waals surface area contributed by atoms with E-state index in [9.17, 15) is 19.3 Å². The van der Waals surface area contributed by atoms with E-state index in [0.29, 0.717) is 5.69 Å². The molecule has 0 atom stereocenters. The van der Waals surface area contributed by atoms with Crippen LogP contribution in [0.4, 0.5) is 15.8 Å². The van der Waals surface area contributed by atoms with Crippen molar-refractivity contribution in [3.8, 4) is 0 Å². The predicted octanol–water partition coefficient (Wildman–Crippen LogP) is 2.69. The SMILES string of the molecule is Cc1ncc([N+](=O)[O-])cc1C(=O)Nc1cccc(F)c1. The second-order valence-electron chi connectivity index (χ2n) is 4.05. The Labute approximate surface area is 113 Å². The van der Waals surface area contributed by atoms with Gasteiger partial charge in [0, 0.05) is 11.8 Å². The number of hydrogen-bond acceptors (Lipinski definition) is 4. The van der Waals surface area contributed by atoms with Crippen LogP contribution in [0, 0.1) is 22.9 Å². The Morgan fingerprint density at radius 2 is 2.15 bits per heavy atom. The Morgan fingerprint density at radius 3 is 2.80 bits per heavy atom. The molecule has 6 nitrogen and oxygen atoms in total. The molecule has 0 saturated heterocycles. The van der Waals surface area contributed by atoms with Crippen molar-refractivity contribution in [2.75, 3.05) is 5.32 Å². The van der Waals surface area contributed by atoms with Gasteiger partial charge < -0.3 is 5.32 Å². The van der Waals surface area contributed by atoms with Crippen molar-refractivity contribution in [1.29, 1.82) is 0 Å². The third-order valence-corrected chi connectivity index (χ3v) is 2.61. The first-order chi connectivity index (χ1) is 9.47. The zero-order chi connectivity index (χ0) is 14.7. The van der Waals surface area contributed by atoms with E-state index in [-0.39, 0.29) is 16.9 Å². The van der Waals surface area contributed by atoms with Crippen LogP contribution in [0.15, 0.2) is 36.5 Å². The number of carbonyl (C=O) groups is 1. The maximum atomic E-state index is 13.0. The average Bonchev–Trinajstić information content (AvgIpc) is 2.38. The second kappa shape index (κ2) is 5.43. The molecule has 0 saturated carbocycles. The molecule has 0 bridgehead atoms. The number of amides is 1.